The molecule has 2 N–H and O–H groups in total. The molecule has 2 rings (SSSR count). The largest absolute Gasteiger partial charge is 0.329 e. The molecule has 1 unspecified atom stereocenters. The molecule has 1 aromatic rings. The second-order valence-electron chi connectivity index (χ2n) is 7.11. The van der Waals surface area contributed by atoms with Crippen molar-refractivity contribution in [1.29, 1.82) is 0 Å². The van der Waals surface area contributed by atoms with Crippen LogP contribution in [0.4, 0.5) is 4.39 Å². The second kappa shape index (κ2) is 5.82. The van der Waals surface area contributed by atoms with Crippen LogP contribution in [0.5, 0.6) is 0 Å². The summed E-state index contributed by atoms with van der Waals surface area (Å²) in [7, 11) is 2.12. The van der Waals surface area contributed by atoms with Crippen molar-refractivity contribution in [2.24, 2.45) is 11.1 Å². The number of benzene rings is 1. The van der Waals surface area contributed by atoms with Crippen LogP contribution in [0.1, 0.15) is 45.1 Å². The van der Waals surface area contributed by atoms with Crippen molar-refractivity contribution in [2.45, 2.75) is 51.6 Å². The fourth-order valence-electron chi connectivity index (χ4n) is 3.70. The van der Waals surface area contributed by atoms with Gasteiger partial charge < -0.3 is 5.73 Å². The molecule has 112 valence electrons. The van der Waals surface area contributed by atoms with Crippen LogP contribution < -0.4 is 5.73 Å². The molecule has 1 aromatic carbocycles. The standard InChI is InChI=1S/C17H27FN2/c1-16(2)8-5-9-17(12-16,13-19)20(3)11-14-6-4-7-15(18)10-14/h4,6-7,10H,5,8-9,11-13,19H2,1-3H3. The van der Waals surface area contributed by atoms with E-state index in [0.29, 0.717) is 12.0 Å². The zero-order chi connectivity index (χ0) is 14.8. The van der Waals surface area contributed by atoms with Crippen molar-refractivity contribution in [2.75, 3.05) is 13.6 Å². The Kier molecular flexibility index (Phi) is 4.50. The van der Waals surface area contributed by atoms with E-state index in [4.69, 9.17) is 5.73 Å². The van der Waals surface area contributed by atoms with Gasteiger partial charge >= 0.3 is 0 Å². The van der Waals surface area contributed by atoms with Gasteiger partial charge in [0.05, 0.1) is 0 Å². The van der Waals surface area contributed by atoms with Crippen molar-refractivity contribution in [3.63, 3.8) is 0 Å². The number of nitrogens with zero attached hydrogens (tertiary/aromatic N) is 1. The Hall–Kier alpha value is -0.930. The predicted molar refractivity (Wildman–Crippen MR) is 81.9 cm³/mol. The summed E-state index contributed by atoms with van der Waals surface area (Å²) < 4.78 is 13.3. The first-order chi connectivity index (χ1) is 9.37. The van der Waals surface area contributed by atoms with E-state index in [0.717, 1.165) is 24.9 Å². The number of likely N-dealkylation sites (N-methyl/N-ethyl adjacent to an activating group) is 1. The van der Waals surface area contributed by atoms with E-state index < -0.39 is 0 Å². The second-order valence-corrected chi connectivity index (χ2v) is 7.11. The first-order valence-electron chi connectivity index (χ1n) is 7.53. The van der Waals surface area contributed by atoms with Crippen LogP contribution >= 0.6 is 0 Å². The third-order valence-corrected chi connectivity index (χ3v) is 4.80. The highest BCUT2D eigenvalue weighted by atomic mass is 19.1. The summed E-state index contributed by atoms with van der Waals surface area (Å²) in [6, 6.07) is 6.87. The van der Waals surface area contributed by atoms with Crippen LogP contribution in [-0.2, 0) is 6.54 Å². The van der Waals surface area contributed by atoms with Gasteiger partial charge in [-0.3, -0.25) is 4.90 Å². The van der Waals surface area contributed by atoms with Crippen molar-refractivity contribution in [3.8, 4) is 0 Å². The molecule has 20 heavy (non-hydrogen) atoms. The fraction of sp³-hybridized carbons (Fsp3) is 0.647. The van der Waals surface area contributed by atoms with Crippen LogP contribution in [0.3, 0.4) is 0 Å². The van der Waals surface area contributed by atoms with Gasteiger partial charge in [-0.15, -0.1) is 0 Å². The zero-order valence-corrected chi connectivity index (χ0v) is 13.0. The summed E-state index contributed by atoms with van der Waals surface area (Å²) in [5.74, 6) is -0.165. The van der Waals surface area contributed by atoms with Gasteiger partial charge in [-0.1, -0.05) is 32.4 Å². The van der Waals surface area contributed by atoms with E-state index >= 15 is 0 Å². The molecular formula is C17H27FN2. The SMILES string of the molecule is CN(Cc1cccc(F)c1)C1(CN)CCCC(C)(C)C1. The minimum absolute atomic E-state index is 0.0497. The quantitative estimate of drug-likeness (QED) is 0.912. The highest BCUT2D eigenvalue weighted by molar-refractivity contribution is 5.17. The number of hydrogen-bond acceptors (Lipinski definition) is 2. The van der Waals surface area contributed by atoms with E-state index in [1.165, 1.54) is 18.9 Å². The Morgan fingerprint density at radius 3 is 2.65 bits per heavy atom. The average Bonchev–Trinajstić information content (AvgIpc) is 2.37. The van der Waals surface area contributed by atoms with Crippen molar-refractivity contribution >= 4 is 0 Å². The molecule has 1 aliphatic carbocycles. The van der Waals surface area contributed by atoms with Crippen LogP contribution in [0.25, 0.3) is 0 Å². The summed E-state index contributed by atoms with van der Waals surface area (Å²) in [4.78, 5) is 2.34. The van der Waals surface area contributed by atoms with Crippen LogP contribution in [-0.4, -0.2) is 24.0 Å². The number of nitrogens with two attached hydrogens (primary N) is 1. The Morgan fingerprint density at radius 1 is 1.30 bits per heavy atom. The summed E-state index contributed by atoms with van der Waals surface area (Å²) in [6.45, 7) is 6.08. The molecule has 0 aliphatic heterocycles. The van der Waals surface area contributed by atoms with Gasteiger partial charge in [0, 0.05) is 18.6 Å². The monoisotopic (exact) mass is 278 g/mol. The summed E-state index contributed by atoms with van der Waals surface area (Å²) in [5.41, 5.74) is 7.54. The van der Waals surface area contributed by atoms with E-state index in [1.807, 2.05) is 6.07 Å². The third kappa shape index (κ3) is 3.39. The third-order valence-electron chi connectivity index (χ3n) is 4.80. The molecule has 1 fully saturated rings. The molecule has 0 amide bonds. The Labute approximate surface area is 122 Å². The van der Waals surface area contributed by atoms with Crippen molar-refractivity contribution < 1.29 is 4.39 Å². The van der Waals surface area contributed by atoms with Gasteiger partial charge in [0.25, 0.3) is 0 Å². The lowest BCUT2D eigenvalue weighted by Crippen LogP contribution is -2.55. The summed E-state index contributed by atoms with van der Waals surface area (Å²) >= 11 is 0. The molecule has 0 bridgehead atoms. The molecule has 1 aliphatic rings. The van der Waals surface area contributed by atoms with E-state index in [-0.39, 0.29) is 11.4 Å². The maximum Gasteiger partial charge on any atom is 0.123 e. The molecule has 0 radical (unpaired) electrons. The normalized spacial score (nSPS) is 25.9. The number of hydrogen-bond donors (Lipinski definition) is 1. The maximum atomic E-state index is 13.3. The fourth-order valence-corrected chi connectivity index (χ4v) is 3.70. The van der Waals surface area contributed by atoms with Crippen molar-refractivity contribution in [1.82, 2.24) is 4.90 Å². The zero-order valence-electron chi connectivity index (χ0n) is 13.0. The lowest BCUT2D eigenvalue weighted by atomic mass is 9.67. The van der Waals surface area contributed by atoms with Gasteiger partial charge in [0.1, 0.15) is 5.82 Å². The Morgan fingerprint density at radius 2 is 2.05 bits per heavy atom. The molecule has 1 saturated carbocycles. The van der Waals surface area contributed by atoms with E-state index in [2.05, 4.69) is 25.8 Å². The summed E-state index contributed by atoms with van der Waals surface area (Å²) in [6.07, 6.45) is 4.74. The highest BCUT2D eigenvalue weighted by Gasteiger charge is 2.41. The number of rotatable bonds is 4. The molecule has 0 aromatic heterocycles. The maximum absolute atomic E-state index is 13.3. The first kappa shape index (κ1) is 15.5. The predicted octanol–water partition coefficient (Wildman–Crippen LogP) is 3.56. The summed E-state index contributed by atoms with van der Waals surface area (Å²) in [5, 5.41) is 0. The first-order valence-corrected chi connectivity index (χ1v) is 7.53. The molecule has 2 nitrogen and oxygen atoms in total. The Balaban J connectivity index is 2.14. The van der Waals surface area contributed by atoms with Crippen LogP contribution in [0.2, 0.25) is 0 Å². The van der Waals surface area contributed by atoms with Gasteiger partial charge in [-0.2, -0.15) is 0 Å². The average molecular weight is 278 g/mol. The van der Waals surface area contributed by atoms with Gasteiger partial charge in [0.15, 0.2) is 0 Å². The minimum Gasteiger partial charge on any atom is -0.329 e. The molecule has 0 spiro atoms. The van der Waals surface area contributed by atoms with Gasteiger partial charge in [0.2, 0.25) is 0 Å². The lowest BCUT2D eigenvalue weighted by Gasteiger charge is -2.49. The molecule has 3 heteroatoms. The minimum atomic E-state index is -0.165. The van der Waals surface area contributed by atoms with Crippen LogP contribution in [0.15, 0.2) is 24.3 Å². The number of halogens is 1. The molecule has 0 saturated heterocycles. The molecule has 0 heterocycles. The van der Waals surface area contributed by atoms with Gasteiger partial charge in [-0.05, 0) is 49.4 Å². The van der Waals surface area contributed by atoms with E-state index in [9.17, 15) is 4.39 Å². The smallest absolute Gasteiger partial charge is 0.123 e. The molecule has 1 atom stereocenters. The Bertz CT molecular complexity index is 458. The highest BCUT2D eigenvalue weighted by Crippen LogP contribution is 2.43. The topological polar surface area (TPSA) is 29.3 Å². The lowest BCUT2D eigenvalue weighted by molar-refractivity contribution is 0.0223. The van der Waals surface area contributed by atoms with Gasteiger partial charge in [-0.25, -0.2) is 4.39 Å². The van der Waals surface area contributed by atoms with Crippen LogP contribution in [0, 0.1) is 11.2 Å². The van der Waals surface area contributed by atoms with E-state index in [1.54, 1.807) is 12.1 Å². The van der Waals surface area contributed by atoms with Crippen molar-refractivity contribution in [3.05, 3.63) is 35.6 Å². The molecular weight excluding hydrogens is 251 g/mol.